The van der Waals surface area contributed by atoms with Crippen LogP contribution < -0.4 is 11.1 Å². The van der Waals surface area contributed by atoms with E-state index in [9.17, 15) is 4.79 Å². The monoisotopic (exact) mass is 382 g/mol. The van der Waals surface area contributed by atoms with Crippen LogP contribution in [0.15, 0.2) is 13.6 Å². The highest BCUT2D eigenvalue weighted by atomic mass is 79.9. The SMILES string of the molecule is CCC(N)(CC)CNC(=O)c1cc(Br)sc1Br. The van der Waals surface area contributed by atoms with Crippen LogP contribution in [-0.2, 0) is 0 Å². The third kappa shape index (κ3) is 4.05. The molecule has 0 saturated carbocycles. The summed E-state index contributed by atoms with van der Waals surface area (Å²) in [7, 11) is 0. The molecular formula is C11H16Br2N2OS. The molecule has 0 aliphatic rings. The van der Waals surface area contributed by atoms with E-state index in [2.05, 4.69) is 37.2 Å². The van der Waals surface area contributed by atoms with Crippen LogP contribution in [0.1, 0.15) is 37.0 Å². The standard InChI is InChI=1S/C11H16Br2N2OS/c1-3-11(14,4-2)6-15-10(16)7-5-8(12)17-9(7)13/h5H,3-4,6,14H2,1-2H3,(H,15,16). The fourth-order valence-corrected chi connectivity index (χ4v) is 4.14. The van der Waals surface area contributed by atoms with Crippen LogP contribution in [0.25, 0.3) is 0 Å². The highest BCUT2D eigenvalue weighted by Gasteiger charge is 2.22. The van der Waals surface area contributed by atoms with Gasteiger partial charge in [-0.25, -0.2) is 0 Å². The Morgan fingerprint density at radius 1 is 1.47 bits per heavy atom. The molecule has 0 spiro atoms. The number of nitrogens with one attached hydrogen (secondary N) is 1. The first-order valence-corrected chi connectivity index (χ1v) is 7.84. The van der Waals surface area contributed by atoms with Crippen molar-refractivity contribution in [1.29, 1.82) is 0 Å². The summed E-state index contributed by atoms with van der Waals surface area (Å²) < 4.78 is 1.76. The predicted molar refractivity (Wildman–Crippen MR) is 79.6 cm³/mol. The minimum absolute atomic E-state index is 0.0875. The molecule has 0 aromatic carbocycles. The van der Waals surface area contributed by atoms with Gasteiger partial charge >= 0.3 is 0 Å². The molecule has 3 N–H and O–H groups in total. The Balaban J connectivity index is 2.65. The lowest BCUT2D eigenvalue weighted by molar-refractivity contribution is 0.0942. The second-order valence-corrected chi connectivity index (χ2v) is 7.74. The molecule has 0 unspecified atom stereocenters. The Labute approximate surface area is 122 Å². The lowest BCUT2D eigenvalue weighted by Gasteiger charge is -2.26. The van der Waals surface area contributed by atoms with Gasteiger partial charge < -0.3 is 11.1 Å². The first-order chi connectivity index (χ1) is 7.91. The summed E-state index contributed by atoms with van der Waals surface area (Å²) in [6.45, 7) is 4.57. The topological polar surface area (TPSA) is 55.1 Å². The summed E-state index contributed by atoms with van der Waals surface area (Å²) in [5.74, 6) is -0.0875. The molecule has 0 fully saturated rings. The maximum absolute atomic E-state index is 11.9. The predicted octanol–water partition coefficient (Wildman–Crippen LogP) is 3.52. The van der Waals surface area contributed by atoms with E-state index >= 15 is 0 Å². The molecule has 1 aromatic heterocycles. The second kappa shape index (κ2) is 6.31. The van der Waals surface area contributed by atoms with E-state index in [4.69, 9.17) is 5.73 Å². The van der Waals surface area contributed by atoms with Crippen LogP contribution in [0.4, 0.5) is 0 Å². The highest BCUT2D eigenvalue weighted by Crippen LogP contribution is 2.31. The van der Waals surface area contributed by atoms with E-state index in [1.807, 2.05) is 13.8 Å². The lowest BCUT2D eigenvalue weighted by Crippen LogP contribution is -2.49. The van der Waals surface area contributed by atoms with Crippen molar-refractivity contribution in [2.45, 2.75) is 32.2 Å². The Bertz CT molecular complexity index is 402. The number of hydrogen-bond donors (Lipinski definition) is 2. The molecule has 0 saturated heterocycles. The first-order valence-electron chi connectivity index (χ1n) is 5.43. The third-order valence-corrected chi connectivity index (χ3v) is 5.25. The summed E-state index contributed by atoms with van der Waals surface area (Å²) in [6, 6.07) is 1.81. The van der Waals surface area contributed by atoms with Gasteiger partial charge in [0.25, 0.3) is 5.91 Å². The van der Waals surface area contributed by atoms with Crippen LogP contribution in [0.3, 0.4) is 0 Å². The Morgan fingerprint density at radius 2 is 2.06 bits per heavy atom. The summed E-state index contributed by atoms with van der Waals surface area (Å²) in [5.41, 5.74) is 6.47. The van der Waals surface area contributed by atoms with Gasteiger partial charge in [0.15, 0.2) is 0 Å². The van der Waals surface area contributed by atoms with Gasteiger partial charge in [-0.1, -0.05) is 13.8 Å². The molecule has 0 aliphatic carbocycles. The van der Waals surface area contributed by atoms with Crippen molar-refractivity contribution in [3.63, 3.8) is 0 Å². The average molecular weight is 384 g/mol. The number of halogens is 2. The van der Waals surface area contributed by atoms with Gasteiger partial charge in [0, 0.05) is 12.1 Å². The summed E-state index contributed by atoms with van der Waals surface area (Å²) in [6.07, 6.45) is 1.69. The van der Waals surface area contributed by atoms with Crippen LogP contribution in [0.5, 0.6) is 0 Å². The Hall–Kier alpha value is 0.0900. The van der Waals surface area contributed by atoms with Crippen LogP contribution >= 0.6 is 43.2 Å². The number of hydrogen-bond acceptors (Lipinski definition) is 3. The van der Waals surface area contributed by atoms with Gasteiger partial charge in [-0.15, -0.1) is 11.3 Å². The molecular weight excluding hydrogens is 368 g/mol. The van der Waals surface area contributed by atoms with Gasteiger partial charge in [0.1, 0.15) is 0 Å². The molecule has 96 valence electrons. The molecule has 0 bridgehead atoms. The summed E-state index contributed by atoms with van der Waals surface area (Å²) >= 11 is 8.21. The van der Waals surface area contributed by atoms with Crippen LogP contribution in [0, 0.1) is 0 Å². The number of nitrogens with two attached hydrogens (primary N) is 1. The van der Waals surface area contributed by atoms with Gasteiger partial charge in [-0.2, -0.15) is 0 Å². The molecule has 17 heavy (non-hydrogen) atoms. The minimum atomic E-state index is -0.310. The van der Waals surface area contributed by atoms with E-state index in [0.717, 1.165) is 20.4 Å². The Morgan fingerprint density at radius 3 is 2.47 bits per heavy atom. The Kier molecular flexibility index (Phi) is 5.63. The first kappa shape index (κ1) is 15.1. The van der Waals surface area contributed by atoms with Crippen molar-refractivity contribution in [1.82, 2.24) is 5.32 Å². The molecule has 6 heteroatoms. The molecule has 3 nitrogen and oxygen atoms in total. The van der Waals surface area contributed by atoms with Gasteiger partial charge in [0.05, 0.1) is 13.1 Å². The number of rotatable bonds is 5. The molecule has 1 amide bonds. The smallest absolute Gasteiger partial charge is 0.253 e. The molecule has 0 aliphatic heterocycles. The van der Waals surface area contributed by atoms with Crippen molar-refractivity contribution in [2.24, 2.45) is 5.73 Å². The lowest BCUT2D eigenvalue weighted by atomic mass is 9.94. The number of thiophene rings is 1. The van der Waals surface area contributed by atoms with E-state index < -0.39 is 0 Å². The highest BCUT2D eigenvalue weighted by molar-refractivity contribution is 9.12. The van der Waals surface area contributed by atoms with E-state index in [1.54, 1.807) is 6.07 Å². The molecule has 0 radical (unpaired) electrons. The van der Waals surface area contributed by atoms with E-state index in [0.29, 0.717) is 12.1 Å². The van der Waals surface area contributed by atoms with Crippen molar-refractivity contribution < 1.29 is 4.79 Å². The molecule has 1 aromatic rings. The fourth-order valence-electron chi connectivity index (χ4n) is 1.35. The second-order valence-electron chi connectivity index (χ2n) is 3.99. The summed E-state index contributed by atoms with van der Waals surface area (Å²) in [4.78, 5) is 11.9. The third-order valence-electron chi connectivity index (χ3n) is 2.91. The zero-order valence-corrected chi connectivity index (χ0v) is 13.8. The van der Waals surface area contributed by atoms with Gasteiger partial charge in [-0.3, -0.25) is 4.79 Å². The average Bonchev–Trinajstić information content (AvgIpc) is 2.65. The number of carbonyl (C=O) groups excluding carboxylic acids is 1. The fraction of sp³-hybridized carbons (Fsp3) is 0.545. The minimum Gasteiger partial charge on any atom is -0.350 e. The van der Waals surface area contributed by atoms with Crippen LogP contribution in [0.2, 0.25) is 0 Å². The van der Waals surface area contributed by atoms with Crippen LogP contribution in [-0.4, -0.2) is 18.0 Å². The zero-order chi connectivity index (χ0) is 13.1. The largest absolute Gasteiger partial charge is 0.350 e. The molecule has 1 rings (SSSR count). The summed E-state index contributed by atoms with van der Waals surface area (Å²) in [5, 5.41) is 2.89. The quantitative estimate of drug-likeness (QED) is 0.817. The van der Waals surface area contributed by atoms with Crippen molar-refractivity contribution >= 4 is 49.1 Å². The van der Waals surface area contributed by atoms with Gasteiger partial charge in [-0.05, 0) is 50.8 Å². The van der Waals surface area contributed by atoms with E-state index in [1.165, 1.54) is 11.3 Å². The number of amides is 1. The zero-order valence-electron chi connectivity index (χ0n) is 9.85. The van der Waals surface area contributed by atoms with Gasteiger partial charge in [0.2, 0.25) is 0 Å². The molecule has 1 heterocycles. The number of carbonyl (C=O) groups is 1. The van der Waals surface area contributed by atoms with Crippen molar-refractivity contribution in [3.8, 4) is 0 Å². The van der Waals surface area contributed by atoms with E-state index in [-0.39, 0.29) is 11.4 Å². The van der Waals surface area contributed by atoms with Crippen molar-refractivity contribution in [3.05, 3.63) is 19.2 Å². The maximum Gasteiger partial charge on any atom is 0.253 e. The van der Waals surface area contributed by atoms with Crippen molar-refractivity contribution in [2.75, 3.05) is 6.54 Å². The normalized spacial score (nSPS) is 11.6. The maximum atomic E-state index is 11.9. The molecule has 0 atom stereocenters.